The van der Waals surface area contributed by atoms with Crippen LogP contribution in [-0.2, 0) is 10.2 Å². The van der Waals surface area contributed by atoms with Crippen LogP contribution >= 0.6 is 11.8 Å². The number of aromatic nitrogens is 5. The van der Waals surface area contributed by atoms with Gasteiger partial charge >= 0.3 is 0 Å². The maximum absolute atomic E-state index is 11.3. The van der Waals surface area contributed by atoms with Gasteiger partial charge in [-0.3, -0.25) is 9.36 Å². The Morgan fingerprint density at radius 2 is 2.11 bits per heavy atom. The lowest BCUT2D eigenvalue weighted by Gasteiger charge is -2.11. The molecule has 2 aromatic heterocycles. The second-order valence-corrected chi connectivity index (χ2v) is 8.49. The van der Waals surface area contributed by atoms with Crippen LogP contribution in [0.2, 0.25) is 0 Å². The molecular weight excluding hydrogens is 364 g/mol. The largest absolute Gasteiger partial charge is 0.338 e. The average Bonchev–Trinajstić information content (AvgIpc) is 3.23. The van der Waals surface area contributed by atoms with Crippen LogP contribution in [-0.4, -0.2) is 30.8 Å². The highest BCUT2D eigenvalue weighted by Gasteiger charge is 2.24. The molecule has 0 saturated heterocycles. The van der Waals surface area contributed by atoms with Gasteiger partial charge in [0.2, 0.25) is 11.8 Å². The van der Waals surface area contributed by atoms with E-state index < -0.39 is 0 Å². The van der Waals surface area contributed by atoms with Gasteiger partial charge in [-0.2, -0.15) is 4.98 Å². The minimum Gasteiger partial charge on any atom is -0.338 e. The molecule has 1 atom stereocenters. The third kappa shape index (κ3) is 4.54. The average molecular weight is 386 g/mol. The van der Waals surface area contributed by atoms with Crippen LogP contribution in [0.15, 0.2) is 40.3 Å². The Bertz CT molecular complexity index is 943. The summed E-state index contributed by atoms with van der Waals surface area (Å²) in [5, 5.41) is 15.7. The van der Waals surface area contributed by atoms with Gasteiger partial charge in [-0.15, -0.1) is 10.2 Å². The van der Waals surface area contributed by atoms with Gasteiger partial charge in [0.05, 0.1) is 10.9 Å². The van der Waals surface area contributed by atoms with Crippen LogP contribution in [0, 0.1) is 0 Å². The maximum atomic E-state index is 11.3. The first-order chi connectivity index (χ1) is 12.7. The SMILES string of the molecule is CC(=O)Nc1cccc(-n2cnnc2SC(C)c2nc(C(C)(C)C)no2)c1. The van der Waals surface area contributed by atoms with Crippen molar-refractivity contribution in [3.8, 4) is 5.69 Å². The first kappa shape index (κ1) is 19.1. The number of anilines is 1. The minimum atomic E-state index is -0.170. The first-order valence-corrected chi connectivity index (χ1v) is 9.41. The second kappa shape index (κ2) is 7.51. The summed E-state index contributed by atoms with van der Waals surface area (Å²) in [7, 11) is 0. The molecule has 0 bridgehead atoms. The number of hydrogen-bond donors (Lipinski definition) is 1. The molecule has 0 aliphatic carbocycles. The fourth-order valence-electron chi connectivity index (χ4n) is 2.33. The minimum absolute atomic E-state index is 0.0879. The lowest BCUT2D eigenvalue weighted by molar-refractivity contribution is -0.114. The standard InChI is InChI=1S/C18H22N6O2S/c1-11(15-21-16(23-26-15)18(3,4)5)27-17-22-19-10-24(17)14-8-6-7-13(9-14)20-12(2)25/h6-11H,1-5H3,(H,20,25). The normalized spacial score (nSPS) is 12.8. The van der Waals surface area contributed by atoms with Gasteiger partial charge in [-0.05, 0) is 25.1 Å². The van der Waals surface area contributed by atoms with Crippen molar-refractivity contribution in [2.75, 3.05) is 5.32 Å². The highest BCUT2D eigenvalue weighted by Crippen LogP contribution is 2.34. The molecule has 3 rings (SSSR count). The van der Waals surface area contributed by atoms with Gasteiger partial charge in [0, 0.05) is 18.0 Å². The van der Waals surface area contributed by atoms with Crippen LogP contribution in [0.3, 0.4) is 0 Å². The monoisotopic (exact) mass is 386 g/mol. The van der Waals surface area contributed by atoms with E-state index in [-0.39, 0.29) is 16.6 Å². The Labute approximate surface area is 161 Å². The zero-order valence-electron chi connectivity index (χ0n) is 15.9. The van der Waals surface area contributed by atoms with E-state index in [1.54, 1.807) is 6.33 Å². The van der Waals surface area contributed by atoms with Crippen LogP contribution < -0.4 is 5.32 Å². The van der Waals surface area contributed by atoms with E-state index in [1.165, 1.54) is 18.7 Å². The molecule has 0 radical (unpaired) electrons. The Morgan fingerprint density at radius 3 is 2.78 bits per heavy atom. The number of thioether (sulfide) groups is 1. The molecule has 0 fully saturated rings. The molecule has 3 aromatic rings. The van der Waals surface area contributed by atoms with Crippen molar-refractivity contribution in [2.45, 2.75) is 50.4 Å². The van der Waals surface area contributed by atoms with Gasteiger partial charge in [0.15, 0.2) is 11.0 Å². The summed E-state index contributed by atoms with van der Waals surface area (Å²) in [5.74, 6) is 1.10. The Kier molecular flexibility index (Phi) is 5.31. The number of carbonyl (C=O) groups excluding carboxylic acids is 1. The van der Waals surface area contributed by atoms with Crippen LogP contribution in [0.25, 0.3) is 5.69 Å². The molecule has 8 nitrogen and oxygen atoms in total. The zero-order valence-corrected chi connectivity index (χ0v) is 16.7. The smallest absolute Gasteiger partial charge is 0.239 e. The van der Waals surface area contributed by atoms with Crippen molar-refractivity contribution in [1.82, 2.24) is 24.9 Å². The maximum Gasteiger partial charge on any atom is 0.239 e. The Hall–Kier alpha value is -2.68. The zero-order chi connectivity index (χ0) is 19.6. The predicted octanol–water partition coefficient (Wildman–Crippen LogP) is 3.76. The summed E-state index contributed by atoms with van der Waals surface area (Å²) in [4.78, 5) is 15.8. The summed E-state index contributed by atoms with van der Waals surface area (Å²) in [6.45, 7) is 9.58. The number of rotatable bonds is 5. The number of hydrogen-bond acceptors (Lipinski definition) is 7. The molecule has 0 aliphatic rings. The Morgan fingerprint density at radius 1 is 1.33 bits per heavy atom. The van der Waals surface area contributed by atoms with E-state index in [2.05, 4.69) is 25.7 Å². The highest BCUT2D eigenvalue weighted by molar-refractivity contribution is 7.99. The van der Waals surface area contributed by atoms with Crippen molar-refractivity contribution in [1.29, 1.82) is 0 Å². The summed E-state index contributed by atoms with van der Waals surface area (Å²) < 4.78 is 7.28. The highest BCUT2D eigenvalue weighted by atomic mass is 32.2. The molecule has 1 N–H and O–H groups in total. The van der Waals surface area contributed by atoms with Crippen molar-refractivity contribution >= 4 is 23.4 Å². The summed E-state index contributed by atoms with van der Waals surface area (Å²) in [5.41, 5.74) is 1.39. The Balaban J connectivity index is 1.81. The molecule has 1 unspecified atom stereocenters. The molecule has 142 valence electrons. The van der Waals surface area contributed by atoms with Crippen molar-refractivity contribution in [2.24, 2.45) is 0 Å². The molecule has 27 heavy (non-hydrogen) atoms. The van der Waals surface area contributed by atoms with E-state index in [0.717, 1.165) is 5.69 Å². The molecule has 1 amide bonds. The van der Waals surface area contributed by atoms with E-state index in [1.807, 2.05) is 56.5 Å². The fraction of sp³-hybridized carbons (Fsp3) is 0.389. The lowest BCUT2D eigenvalue weighted by atomic mass is 9.96. The summed E-state index contributed by atoms with van der Waals surface area (Å²) >= 11 is 1.47. The number of nitrogens with zero attached hydrogens (tertiary/aromatic N) is 5. The molecule has 9 heteroatoms. The molecular formula is C18H22N6O2S. The van der Waals surface area contributed by atoms with Crippen LogP contribution in [0.4, 0.5) is 5.69 Å². The topological polar surface area (TPSA) is 98.7 Å². The fourth-order valence-corrected chi connectivity index (χ4v) is 3.21. The number of carbonyl (C=O) groups is 1. The first-order valence-electron chi connectivity index (χ1n) is 8.53. The molecule has 2 heterocycles. The second-order valence-electron chi connectivity index (χ2n) is 7.18. The van der Waals surface area contributed by atoms with Crippen LogP contribution in [0.5, 0.6) is 0 Å². The molecule has 0 aliphatic heterocycles. The van der Waals surface area contributed by atoms with Gasteiger partial charge in [0.1, 0.15) is 6.33 Å². The van der Waals surface area contributed by atoms with Crippen molar-refractivity contribution < 1.29 is 9.32 Å². The van der Waals surface area contributed by atoms with Gasteiger partial charge < -0.3 is 9.84 Å². The quantitative estimate of drug-likeness (QED) is 0.667. The third-order valence-corrected chi connectivity index (χ3v) is 4.75. The molecule has 0 spiro atoms. The van der Waals surface area contributed by atoms with Gasteiger partial charge in [-0.25, -0.2) is 0 Å². The van der Waals surface area contributed by atoms with Gasteiger partial charge in [-0.1, -0.05) is 43.8 Å². The van der Waals surface area contributed by atoms with E-state index in [4.69, 9.17) is 4.52 Å². The summed E-state index contributed by atoms with van der Waals surface area (Å²) in [6.07, 6.45) is 1.64. The molecule has 1 aromatic carbocycles. The number of benzene rings is 1. The lowest BCUT2D eigenvalue weighted by Crippen LogP contribution is -2.13. The number of amides is 1. The van der Waals surface area contributed by atoms with Crippen molar-refractivity contribution in [3.63, 3.8) is 0 Å². The summed E-state index contributed by atoms with van der Waals surface area (Å²) in [6, 6.07) is 7.49. The van der Waals surface area contributed by atoms with E-state index in [9.17, 15) is 4.79 Å². The number of nitrogens with one attached hydrogen (secondary N) is 1. The van der Waals surface area contributed by atoms with Crippen molar-refractivity contribution in [3.05, 3.63) is 42.3 Å². The van der Waals surface area contributed by atoms with E-state index in [0.29, 0.717) is 22.6 Å². The molecule has 0 saturated carbocycles. The predicted molar refractivity (Wildman–Crippen MR) is 103 cm³/mol. The third-order valence-electron chi connectivity index (χ3n) is 3.70. The van der Waals surface area contributed by atoms with E-state index >= 15 is 0 Å². The van der Waals surface area contributed by atoms with Gasteiger partial charge in [0.25, 0.3) is 0 Å². The van der Waals surface area contributed by atoms with Crippen LogP contribution in [0.1, 0.15) is 51.6 Å².